The van der Waals surface area contributed by atoms with Crippen molar-refractivity contribution in [3.63, 3.8) is 0 Å². The second kappa shape index (κ2) is 7.50. The molecule has 1 heterocycles. The topological polar surface area (TPSA) is 72.2 Å². The number of aliphatic hydroxyl groups is 1. The Morgan fingerprint density at radius 2 is 1.63 bits per heavy atom. The third-order valence-electron chi connectivity index (χ3n) is 4.35. The predicted octanol–water partition coefficient (Wildman–Crippen LogP) is 3.91. The number of aliphatic hydroxyl groups excluding tert-OH is 1. The molecular formula is C21H22N2O3S. The fourth-order valence-electron chi connectivity index (χ4n) is 2.97. The molecule has 0 atom stereocenters. The van der Waals surface area contributed by atoms with Crippen LogP contribution < -0.4 is 0 Å². The third kappa shape index (κ3) is 3.86. The summed E-state index contributed by atoms with van der Waals surface area (Å²) in [5, 5.41) is 14.6. The molecule has 0 aliphatic rings. The van der Waals surface area contributed by atoms with Gasteiger partial charge < -0.3 is 5.11 Å². The molecule has 3 aromatic rings. The van der Waals surface area contributed by atoms with Crippen molar-refractivity contribution in [2.75, 3.05) is 6.26 Å². The Morgan fingerprint density at radius 3 is 2.15 bits per heavy atom. The van der Waals surface area contributed by atoms with Crippen molar-refractivity contribution in [1.29, 1.82) is 0 Å². The van der Waals surface area contributed by atoms with Gasteiger partial charge in [0.1, 0.15) is 5.69 Å². The van der Waals surface area contributed by atoms with Crippen LogP contribution in [0.15, 0.2) is 59.5 Å². The quantitative estimate of drug-likeness (QED) is 0.726. The molecule has 0 fully saturated rings. The minimum absolute atomic E-state index is 0.165. The van der Waals surface area contributed by atoms with Crippen LogP contribution in [0.25, 0.3) is 28.6 Å². The van der Waals surface area contributed by atoms with Gasteiger partial charge in [0, 0.05) is 23.6 Å². The van der Waals surface area contributed by atoms with E-state index in [-0.39, 0.29) is 11.5 Å². The molecule has 0 amide bonds. The molecule has 0 aliphatic heterocycles. The molecule has 0 saturated carbocycles. The number of rotatable bonds is 5. The minimum Gasteiger partial charge on any atom is -0.390 e. The lowest BCUT2D eigenvalue weighted by atomic mass is 9.98. The summed E-state index contributed by atoms with van der Waals surface area (Å²) in [4.78, 5) is 0.262. The average molecular weight is 382 g/mol. The maximum absolute atomic E-state index is 11.7. The van der Waals surface area contributed by atoms with Crippen LogP contribution in [-0.2, 0) is 16.4 Å². The van der Waals surface area contributed by atoms with E-state index < -0.39 is 9.84 Å². The summed E-state index contributed by atoms with van der Waals surface area (Å²) in [7, 11) is -3.26. The molecule has 1 aromatic heterocycles. The number of benzene rings is 2. The molecule has 0 unspecified atom stereocenters. The highest BCUT2D eigenvalue weighted by molar-refractivity contribution is 7.90. The first kappa shape index (κ1) is 19.1. The van der Waals surface area contributed by atoms with Gasteiger partial charge in [0.2, 0.25) is 0 Å². The van der Waals surface area contributed by atoms with E-state index in [9.17, 15) is 13.5 Å². The molecule has 27 heavy (non-hydrogen) atoms. The van der Waals surface area contributed by atoms with Crippen LogP contribution in [0.3, 0.4) is 0 Å². The molecule has 5 nitrogen and oxygen atoms in total. The molecule has 0 bridgehead atoms. The van der Waals surface area contributed by atoms with Gasteiger partial charge in [-0.15, -0.1) is 0 Å². The monoisotopic (exact) mass is 382 g/mol. The lowest BCUT2D eigenvalue weighted by Gasteiger charge is -2.07. The number of hydrogen-bond donors (Lipinski definition) is 1. The first-order valence-corrected chi connectivity index (χ1v) is 10.5. The largest absolute Gasteiger partial charge is 0.390 e. The molecule has 1 N–H and O–H groups in total. The van der Waals surface area contributed by atoms with Gasteiger partial charge >= 0.3 is 0 Å². The highest BCUT2D eigenvalue weighted by Crippen LogP contribution is 2.35. The van der Waals surface area contributed by atoms with Crippen molar-refractivity contribution in [2.45, 2.75) is 25.3 Å². The van der Waals surface area contributed by atoms with Gasteiger partial charge in [0.05, 0.1) is 17.2 Å². The second-order valence-corrected chi connectivity index (χ2v) is 8.43. The van der Waals surface area contributed by atoms with Crippen LogP contribution in [0.2, 0.25) is 0 Å². The van der Waals surface area contributed by atoms with Crippen molar-refractivity contribution >= 4 is 16.0 Å². The molecule has 2 aromatic carbocycles. The fraction of sp³-hybridized carbons (Fsp3) is 0.190. The first-order chi connectivity index (χ1) is 12.8. The zero-order valence-electron chi connectivity index (χ0n) is 15.5. The van der Waals surface area contributed by atoms with Gasteiger partial charge in [-0.3, -0.25) is 0 Å². The van der Waals surface area contributed by atoms with E-state index in [0.717, 1.165) is 22.3 Å². The van der Waals surface area contributed by atoms with Crippen molar-refractivity contribution in [3.05, 3.63) is 65.9 Å². The number of aromatic nitrogens is 2. The summed E-state index contributed by atoms with van der Waals surface area (Å²) in [6.07, 6.45) is 4.82. The number of aryl methyl sites for hydroxylation is 1. The molecule has 140 valence electrons. The summed E-state index contributed by atoms with van der Waals surface area (Å²) in [6, 6.07) is 14.7. The Balaban J connectivity index is 2.24. The molecular weight excluding hydrogens is 360 g/mol. The van der Waals surface area contributed by atoms with Crippen LogP contribution in [0.1, 0.15) is 18.2 Å². The van der Waals surface area contributed by atoms with Gasteiger partial charge in [-0.1, -0.05) is 48.0 Å². The van der Waals surface area contributed by atoms with Gasteiger partial charge in [-0.2, -0.15) is 5.10 Å². The predicted molar refractivity (Wildman–Crippen MR) is 108 cm³/mol. The number of nitrogens with zero attached hydrogens (tertiary/aromatic N) is 2. The van der Waals surface area contributed by atoms with Crippen molar-refractivity contribution in [1.82, 2.24) is 9.78 Å². The number of allylic oxidation sites excluding steroid dienone is 1. The second-order valence-electron chi connectivity index (χ2n) is 6.42. The van der Waals surface area contributed by atoms with E-state index in [0.29, 0.717) is 11.4 Å². The minimum atomic E-state index is -3.26. The zero-order valence-corrected chi connectivity index (χ0v) is 16.4. The van der Waals surface area contributed by atoms with E-state index >= 15 is 0 Å². The van der Waals surface area contributed by atoms with E-state index in [2.05, 4.69) is 5.10 Å². The van der Waals surface area contributed by atoms with Crippen LogP contribution in [0.5, 0.6) is 0 Å². The highest BCUT2D eigenvalue weighted by Gasteiger charge is 2.20. The van der Waals surface area contributed by atoms with Crippen LogP contribution in [0.4, 0.5) is 0 Å². The fourth-order valence-corrected chi connectivity index (χ4v) is 3.60. The lowest BCUT2D eigenvalue weighted by Crippen LogP contribution is -1.97. The standard InChI is InChI=1S/C21H22N2O3S/c1-4-13-23-19(14-24)20(16-7-5-15(2)6-8-16)21(22-23)17-9-11-18(12-10-17)27(3,25)26/h4-13,24H,14H2,1-3H3. The van der Waals surface area contributed by atoms with Gasteiger partial charge in [-0.05, 0) is 31.5 Å². The summed E-state index contributed by atoms with van der Waals surface area (Å²) in [5.41, 5.74) is 5.09. The van der Waals surface area contributed by atoms with Gasteiger partial charge in [-0.25, -0.2) is 13.1 Å². The summed E-state index contributed by atoms with van der Waals surface area (Å²) in [5.74, 6) is 0. The molecule has 6 heteroatoms. The molecule has 3 rings (SSSR count). The van der Waals surface area contributed by atoms with E-state index in [1.165, 1.54) is 6.26 Å². The Labute approximate surface area is 159 Å². The molecule has 0 aliphatic carbocycles. The van der Waals surface area contributed by atoms with Crippen LogP contribution in [-0.4, -0.2) is 29.6 Å². The van der Waals surface area contributed by atoms with Crippen molar-refractivity contribution < 1.29 is 13.5 Å². The number of hydrogen-bond acceptors (Lipinski definition) is 4. The number of sulfone groups is 1. The zero-order chi connectivity index (χ0) is 19.6. The molecule has 0 saturated heterocycles. The van der Waals surface area contributed by atoms with Crippen molar-refractivity contribution in [3.8, 4) is 22.4 Å². The summed E-state index contributed by atoms with van der Waals surface area (Å²) < 4.78 is 25.1. The maximum Gasteiger partial charge on any atom is 0.175 e. The maximum atomic E-state index is 11.7. The average Bonchev–Trinajstić information content (AvgIpc) is 3.00. The molecule has 0 radical (unpaired) electrons. The smallest absolute Gasteiger partial charge is 0.175 e. The highest BCUT2D eigenvalue weighted by atomic mass is 32.2. The Hall–Kier alpha value is -2.70. The first-order valence-electron chi connectivity index (χ1n) is 8.57. The summed E-state index contributed by atoms with van der Waals surface area (Å²) in [6.45, 7) is 3.74. The summed E-state index contributed by atoms with van der Waals surface area (Å²) >= 11 is 0. The Bertz CT molecular complexity index is 1080. The van der Waals surface area contributed by atoms with Gasteiger partial charge in [0.25, 0.3) is 0 Å². The Kier molecular flexibility index (Phi) is 5.30. The third-order valence-corrected chi connectivity index (χ3v) is 5.47. The lowest BCUT2D eigenvalue weighted by molar-refractivity contribution is 0.274. The van der Waals surface area contributed by atoms with E-state index in [1.54, 1.807) is 35.1 Å². The normalized spacial score (nSPS) is 12.0. The van der Waals surface area contributed by atoms with E-state index in [4.69, 9.17) is 0 Å². The van der Waals surface area contributed by atoms with E-state index in [1.807, 2.05) is 44.2 Å². The van der Waals surface area contributed by atoms with Crippen LogP contribution in [0, 0.1) is 6.92 Å². The van der Waals surface area contributed by atoms with Crippen LogP contribution >= 0.6 is 0 Å². The van der Waals surface area contributed by atoms with Crippen molar-refractivity contribution in [2.24, 2.45) is 0 Å². The SMILES string of the molecule is CC=Cn1nc(-c2ccc(S(C)(=O)=O)cc2)c(-c2ccc(C)cc2)c1CO. The molecule has 0 spiro atoms. The van der Waals surface area contributed by atoms with Gasteiger partial charge in [0.15, 0.2) is 9.84 Å². The Morgan fingerprint density at radius 1 is 1.04 bits per heavy atom.